The Morgan fingerprint density at radius 3 is 1.92 bits per heavy atom. The molecule has 1 aliphatic rings. The topological polar surface area (TPSA) is 36.9 Å². The molecule has 0 unspecified atom stereocenters. The van der Waals surface area contributed by atoms with Crippen LogP contribution in [0.25, 0.3) is 0 Å². The van der Waals surface area contributed by atoms with Gasteiger partial charge >= 0.3 is 0 Å². The lowest BCUT2D eigenvalue weighted by Crippen LogP contribution is -2.66. The minimum absolute atomic E-state index is 0.0283. The number of methoxy groups -OCH3 is 1. The van der Waals surface area contributed by atoms with Gasteiger partial charge in [-0.05, 0) is 33.8 Å². The third-order valence-electron chi connectivity index (χ3n) is 7.87. The van der Waals surface area contributed by atoms with Crippen molar-refractivity contribution >= 4 is 18.7 Å². The van der Waals surface area contributed by atoms with Gasteiger partial charge in [-0.1, -0.05) is 118 Å². The first-order chi connectivity index (χ1) is 18.9. The summed E-state index contributed by atoms with van der Waals surface area (Å²) in [6.07, 6.45) is 3.41. The largest absolute Gasteiger partial charge is 0.407 e. The normalized spacial score (nSPS) is 21.6. The SMILES string of the molecule is C=CC[C@H]1O[C@H](COCc2ccccc2)[C@H](OC)[C@H]1CCO[Si](c1ccccc1)(c1ccccc1)C(C)(C)C. The van der Waals surface area contributed by atoms with Gasteiger partial charge in [-0.25, -0.2) is 0 Å². The molecule has 4 nitrogen and oxygen atoms in total. The molecule has 0 bridgehead atoms. The van der Waals surface area contributed by atoms with Crippen molar-refractivity contribution in [2.24, 2.45) is 5.92 Å². The molecule has 3 aromatic rings. The molecule has 1 heterocycles. The molecule has 1 fully saturated rings. The van der Waals surface area contributed by atoms with Crippen LogP contribution < -0.4 is 10.4 Å². The number of ether oxygens (including phenoxy) is 3. The van der Waals surface area contributed by atoms with Gasteiger partial charge in [0.25, 0.3) is 8.32 Å². The smallest absolute Gasteiger partial charge is 0.261 e. The summed E-state index contributed by atoms with van der Waals surface area (Å²) in [5, 5.41) is 2.53. The second-order valence-corrected chi connectivity index (χ2v) is 15.7. The molecule has 3 aromatic carbocycles. The van der Waals surface area contributed by atoms with E-state index in [1.54, 1.807) is 7.11 Å². The fourth-order valence-corrected chi connectivity index (χ4v) is 10.7. The summed E-state index contributed by atoms with van der Waals surface area (Å²) in [4.78, 5) is 0. The Balaban J connectivity index is 1.51. The van der Waals surface area contributed by atoms with Crippen molar-refractivity contribution in [1.82, 2.24) is 0 Å². The van der Waals surface area contributed by atoms with Crippen LogP contribution >= 0.6 is 0 Å². The van der Waals surface area contributed by atoms with E-state index in [2.05, 4.69) is 100 Å². The van der Waals surface area contributed by atoms with Crippen molar-refractivity contribution < 1.29 is 18.6 Å². The zero-order chi connectivity index (χ0) is 27.7. The number of hydrogen-bond donors (Lipinski definition) is 0. The standard InChI is InChI=1S/C34H44O4Si/c1-6-16-31-30(33(35-5)32(38-31)26-36-25-27-17-10-7-11-18-27)23-24-37-39(34(2,3)4,28-19-12-8-13-20-28)29-21-14-9-15-22-29/h6-15,17-22,30-33H,1,16,23-26H2,2-5H3/t30-,31+,32+,33+/m0/s1. The van der Waals surface area contributed by atoms with Crippen LogP contribution in [0.15, 0.2) is 104 Å². The highest BCUT2D eigenvalue weighted by molar-refractivity contribution is 6.99. The van der Waals surface area contributed by atoms with Crippen molar-refractivity contribution in [3.05, 3.63) is 109 Å². The van der Waals surface area contributed by atoms with Gasteiger partial charge in [0.05, 0.1) is 25.4 Å². The molecule has 4 atom stereocenters. The van der Waals surface area contributed by atoms with E-state index in [4.69, 9.17) is 18.6 Å². The zero-order valence-corrected chi connectivity index (χ0v) is 24.9. The van der Waals surface area contributed by atoms with Crippen LogP contribution in [-0.2, 0) is 25.2 Å². The maximum Gasteiger partial charge on any atom is 0.261 e. The summed E-state index contributed by atoms with van der Waals surface area (Å²) in [6, 6.07) is 31.9. The predicted molar refractivity (Wildman–Crippen MR) is 162 cm³/mol. The highest BCUT2D eigenvalue weighted by Gasteiger charge is 2.51. The minimum atomic E-state index is -2.60. The van der Waals surface area contributed by atoms with Gasteiger partial charge in [-0.15, -0.1) is 6.58 Å². The maximum atomic E-state index is 7.19. The molecule has 5 heteroatoms. The molecule has 4 rings (SSSR count). The van der Waals surface area contributed by atoms with E-state index in [0.717, 1.165) is 18.4 Å². The van der Waals surface area contributed by atoms with E-state index in [-0.39, 0.29) is 29.3 Å². The molecule has 0 amide bonds. The third-order valence-corrected chi connectivity index (χ3v) is 12.9. The van der Waals surface area contributed by atoms with E-state index < -0.39 is 8.32 Å². The molecule has 1 aliphatic heterocycles. The quantitative estimate of drug-likeness (QED) is 0.191. The summed E-state index contributed by atoms with van der Waals surface area (Å²) in [6.45, 7) is 12.6. The summed E-state index contributed by atoms with van der Waals surface area (Å²) in [7, 11) is -0.814. The van der Waals surface area contributed by atoms with Gasteiger partial charge in [0, 0.05) is 19.6 Å². The van der Waals surface area contributed by atoms with Crippen LogP contribution in [0, 0.1) is 5.92 Å². The molecule has 0 N–H and O–H groups in total. The lowest BCUT2D eigenvalue weighted by Gasteiger charge is -2.43. The van der Waals surface area contributed by atoms with Crippen LogP contribution in [0.1, 0.15) is 39.2 Å². The first kappa shape index (κ1) is 29.4. The van der Waals surface area contributed by atoms with Crippen LogP contribution in [-0.4, -0.2) is 47.0 Å². The Hall–Kier alpha value is -2.54. The van der Waals surface area contributed by atoms with Gasteiger partial charge in [0.1, 0.15) is 6.10 Å². The first-order valence-electron chi connectivity index (χ1n) is 14.1. The number of rotatable bonds is 13. The van der Waals surface area contributed by atoms with Crippen LogP contribution in [0.2, 0.25) is 5.04 Å². The minimum Gasteiger partial charge on any atom is -0.407 e. The number of benzene rings is 3. The molecular weight excluding hydrogens is 500 g/mol. The summed E-state index contributed by atoms with van der Waals surface area (Å²) in [5.41, 5.74) is 1.15. The first-order valence-corrected chi connectivity index (χ1v) is 16.0. The summed E-state index contributed by atoms with van der Waals surface area (Å²) in [5.74, 6) is 0.191. The highest BCUT2D eigenvalue weighted by atomic mass is 28.4. The van der Waals surface area contributed by atoms with Gasteiger partial charge in [-0.3, -0.25) is 0 Å². The van der Waals surface area contributed by atoms with Gasteiger partial charge in [0.15, 0.2) is 0 Å². The monoisotopic (exact) mass is 544 g/mol. The fraction of sp³-hybridized carbons (Fsp3) is 0.412. The van der Waals surface area contributed by atoms with Gasteiger partial charge in [-0.2, -0.15) is 0 Å². The van der Waals surface area contributed by atoms with E-state index in [1.807, 2.05) is 24.3 Å². The Kier molecular flexibility index (Phi) is 10.3. The van der Waals surface area contributed by atoms with Gasteiger partial charge in [0.2, 0.25) is 0 Å². The van der Waals surface area contributed by atoms with Crippen molar-refractivity contribution in [2.45, 2.75) is 63.6 Å². The lowest BCUT2D eigenvalue weighted by atomic mass is 9.91. The Bertz CT molecular complexity index is 1090. The molecule has 0 aliphatic carbocycles. The molecule has 39 heavy (non-hydrogen) atoms. The second kappa shape index (κ2) is 13.7. The average Bonchev–Trinajstić information content (AvgIpc) is 3.28. The lowest BCUT2D eigenvalue weighted by molar-refractivity contribution is -0.0571. The maximum absolute atomic E-state index is 7.19. The molecular formula is C34H44O4Si. The fourth-order valence-electron chi connectivity index (χ4n) is 6.07. The van der Waals surface area contributed by atoms with E-state index in [9.17, 15) is 0 Å². The summed E-state index contributed by atoms with van der Waals surface area (Å²) < 4.78 is 25.8. The zero-order valence-electron chi connectivity index (χ0n) is 23.9. The number of hydrogen-bond acceptors (Lipinski definition) is 4. The molecule has 0 aromatic heterocycles. The van der Waals surface area contributed by atoms with Crippen molar-refractivity contribution in [2.75, 3.05) is 20.3 Å². The molecule has 0 radical (unpaired) electrons. The molecule has 1 saturated heterocycles. The Morgan fingerprint density at radius 1 is 0.846 bits per heavy atom. The van der Waals surface area contributed by atoms with Crippen molar-refractivity contribution in [3.63, 3.8) is 0 Å². The van der Waals surface area contributed by atoms with Crippen LogP contribution in [0.5, 0.6) is 0 Å². The van der Waals surface area contributed by atoms with E-state index >= 15 is 0 Å². The summed E-state index contributed by atoms with van der Waals surface area (Å²) >= 11 is 0. The highest BCUT2D eigenvalue weighted by Crippen LogP contribution is 2.38. The van der Waals surface area contributed by atoms with E-state index in [0.29, 0.717) is 19.8 Å². The second-order valence-electron chi connectivity index (χ2n) is 11.4. The van der Waals surface area contributed by atoms with Crippen LogP contribution in [0.4, 0.5) is 0 Å². The average molecular weight is 545 g/mol. The van der Waals surface area contributed by atoms with E-state index in [1.165, 1.54) is 10.4 Å². The van der Waals surface area contributed by atoms with Gasteiger partial charge < -0.3 is 18.6 Å². The van der Waals surface area contributed by atoms with Crippen molar-refractivity contribution in [3.8, 4) is 0 Å². The van der Waals surface area contributed by atoms with Crippen LogP contribution in [0.3, 0.4) is 0 Å². The predicted octanol–water partition coefficient (Wildman–Crippen LogP) is 6.14. The molecule has 0 saturated carbocycles. The Labute approximate surface area is 236 Å². The molecule has 208 valence electrons. The Morgan fingerprint density at radius 2 is 1.41 bits per heavy atom. The van der Waals surface area contributed by atoms with Crippen molar-refractivity contribution in [1.29, 1.82) is 0 Å². The molecule has 0 spiro atoms. The third kappa shape index (κ3) is 6.79.